The summed E-state index contributed by atoms with van der Waals surface area (Å²) < 4.78 is 0. The van der Waals surface area contributed by atoms with Gasteiger partial charge in [-0.15, -0.1) is 5.69 Å². The molecular weight excluding hydrogens is 260 g/mol. The number of carbonyl (C=O) groups excluding carboxylic acids is 1. The number of rotatable bonds is 0. The van der Waals surface area contributed by atoms with Crippen molar-refractivity contribution in [1.29, 1.82) is 0 Å². The first-order valence-corrected chi connectivity index (χ1v) is 4.72. The van der Waals surface area contributed by atoms with Crippen LogP contribution in [0.4, 0.5) is 5.69 Å². The number of benzene rings is 1. The summed E-state index contributed by atoms with van der Waals surface area (Å²) in [5, 5.41) is 4.08. The smallest absolute Gasteiger partial charge is 0.626 e. The van der Waals surface area contributed by atoms with Crippen molar-refractivity contribution < 1.29 is 63.0 Å². The standard InChI is InChI=1S/C12H13NO.Rb/c1-8-7-9(2)12(14)13-11-6-4-3-5-10(8)11;/h3-7,9H,1-2H3,(H,13,14);/q;+1/p-1. The number of fused-ring (bicyclic) bond motifs is 1. The Morgan fingerprint density at radius 3 is 2.67 bits per heavy atom. The van der Waals surface area contributed by atoms with Gasteiger partial charge in [-0.25, -0.2) is 0 Å². The normalized spacial score (nSPS) is 19.2. The minimum atomic E-state index is -0.109. The van der Waals surface area contributed by atoms with Crippen molar-refractivity contribution in [3.63, 3.8) is 0 Å². The quantitative estimate of drug-likeness (QED) is 0.667. The summed E-state index contributed by atoms with van der Waals surface area (Å²) in [7, 11) is 0. The third-order valence-electron chi connectivity index (χ3n) is 2.45. The third-order valence-corrected chi connectivity index (χ3v) is 2.45. The molecule has 72 valence electrons. The Labute approximate surface area is 139 Å². The van der Waals surface area contributed by atoms with E-state index in [1.54, 1.807) is 0 Å². The van der Waals surface area contributed by atoms with Gasteiger partial charge in [0.05, 0.1) is 5.91 Å². The van der Waals surface area contributed by atoms with Crippen molar-refractivity contribution >= 4 is 17.2 Å². The van der Waals surface area contributed by atoms with Crippen LogP contribution in [0.2, 0.25) is 0 Å². The molecule has 1 atom stereocenters. The molecule has 1 amide bonds. The Balaban J connectivity index is 0.00000112. The SMILES string of the molecule is CC1=CC(C)C(=O)[N-]c2ccccc21.[Rb+]. The average Bonchev–Trinajstić information content (AvgIpc) is 2.27. The Hall–Kier alpha value is 0.235. The van der Waals surface area contributed by atoms with Gasteiger partial charge < -0.3 is 10.1 Å². The fourth-order valence-electron chi connectivity index (χ4n) is 1.66. The van der Waals surface area contributed by atoms with Crippen LogP contribution in [-0.4, -0.2) is 5.91 Å². The molecule has 0 fully saturated rings. The van der Waals surface area contributed by atoms with Gasteiger partial charge in [-0.3, -0.25) is 0 Å². The Bertz CT molecular complexity index is 412. The molecule has 0 bridgehead atoms. The van der Waals surface area contributed by atoms with E-state index >= 15 is 0 Å². The first-order valence-electron chi connectivity index (χ1n) is 4.72. The maximum Gasteiger partial charge on any atom is 1.00 e. The van der Waals surface area contributed by atoms with Crippen LogP contribution >= 0.6 is 0 Å². The van der Waals surface area contributed by atoms with Crippen LogP contribution in [0.25, 0.3) is 10.9 Å². The van der Waals surface area contributed by atoms with Gasteiger partial charge in [-0.2, -0.15) is 0 Å². The first-order chi connectivity index (χ1) is 6.68. The maximum atomic E-state index is 11.5. The minimum absolute atomic E-state index is 0. The van der Waals surface area contributed by atoms with Crippen molar-refractivity contribution in [1.82, 2.24) is 0 Å². The van der Waals surface area contributed by atoms with Crippen LogP contribution in [0.5, 0.6) is 0 Å². The molecule has 0 saturated carbocycles. The summed E-state index contributed by atoms with van der Waals surface area (Å²) in [5.74, 6) is -0.170. The molecule has 1 heterocycles. The summed E-state index contributed by atoms with van der Waals surface area (Å²) >= 11 is 0. The van der Waals surface area contributed by atoms with Crippen LogP contribution in [-0.2, 0) is 4.79 Å². The summed E-state index contributed by atoms with van der Waals surface area (Å²) in [6, 6.07) is 7.74. The minimum Gasteiger partial charge on any atom is -0.626 e. The fourth-order valence-corrected chi connectivity index (χ4v) is 1.66. The molecule has 2 nitrogen and oxygen atoms in total. The zero-order valence-corrected chi connectivity index (χ0v) is 14.2. The topological polar surface area (TPSA) is 31.2 Å². The molecule has 3 heteroatoms. The maximum absolute atomic E-state index is 11.5. The third kappa shape index (κ3) is 2.87. The largest absolute Gasteiger partial charge is 1.00 e. The van der Waals surface area contributed by atoms with Crippen LogP contribution in [0.1, 0.15) is 19.4 Å². The predicted octanol–water partition coefficient (Wildman–Crippen LogP) is 0.275. The molecule has 0 radical (unpaired) electrons. The molecule has 1 aromatic rings. The Morgan fingerprint density at radius 2 is 1.93 bits per heavy atom. The van der Waals surface area contributed by atoms with Crippen LogP contribution in [0.15, 0.2) is 30.3 Å². The average molecular weight is 272 g/mol. The number of hydrogen-bond acceptors (Lipinski definition) is 1. The van der Waals surface area contributed by atoms with Gasteiger partial charge in [0.25, 0.3) is 0 Å². The number of nitrogens with zero attached hydrogens (tertiary/aromatic N) is 1. The molecule has 0 N–H and O–H groups in total. The zero-order chi connectivity index (χ0) is 10.1. The van der Waals surface area contributed by atoms with Crippen molar-refractivity contribution in [2.45, 2.75) is 13.8 Å². The van der Waals surface area contributed by atoms with Gasteiger partial charge in [0.2, 0.25) is 0 Å². The van der Waals surface area contributed by atoms with Crippen molar-refractivity contribution in [2.75, 3.05) is 0 Å². The molecule has 1 aromatic carbocycles. The summed E-state index contributed by atoms with van der Waals surface area (Å²) in [6.07, 6.45) is 1.97. The molecule has 1 unspecified atom stereocenters. The van der Waals surface area contributed by atoms with E-state index in [1.807, 2.05) is 44.2 Å². The monoisotopic (exact) mass is 271 g/mol. The Morgan fingerprint density at radius 1 is 1.27 bits per heavy atom. The van der Waals surface area contributed by atoms with Gasteiger partial charge in [0, 0.05) is 5.92 Å². The molecule has 1 aliphatic heterocycles. The van der Waals surface area contributed by atoms with Crippen LogP contribution < -0.4 is 58.2 Å². The van der Waals surface area contributed by atoms with Gasteiger partial charge in [-0.1, -0.05) is 37.3 Å². The van der Waals surface area contributed by atoms with Crippen molar-refractivity contribution in [3.05, 3.63) is 41.2 Å². The summed E-state index contributed by atoms with van der Waals surface area (Å²) in [6.45, 7) is 3.89. The summed E-state index contributed by atoms with van der Waals surface area (Å²) in [4.78, 5) is 11.5. The number of allylic oxidation sites excluding steroid dienone is 1. The van der Waals surface area contributed by atoms with Crippen LogP contribution in [0, 0.1) is 5.92 Å². The molecular formula is C12H12NORb. The molecule has 0 aliphatic carbocycles. The van der Waals surface area contributed by atoms with Gasteiger partial charge in [0.1, 0.15) is 0 Å². The van der Waals surface area contributed by atoms with Gasteiger partial charge >= 0.3 is 58.2 Å². The molecule has 2 rings (SSSR count). The second-order valence-corrected chi connectivity index (χ2v) is 3.61. The van der Waals surface area contributed by atoms with E-state index in [0.717, 1.165) is 16.8 Å². The van der Waals surface area contributed by atoms with E-state index < -0.39 is 0 Å². The number of para-hydroxylation sites is 1. The van der Waals surface area contributed by atoms with Gasteiger partial charge in [-0.05, 0) is 18.1 Å². The van der Waals surface area contributed by atoms with Gasteiger partial charge in [0.15, 0.2) is 0 Å². The molecule has 0 spiro atoms. The Kier molecular flexibility index (Phi) is 4.90. The number of hydrogen-bond donors (Lipinski definition) is 0. The molecule has 15 heavy (non-hydrogen) atoms. The molecule has 0 saturated heterocycles. The molecule has 0 aromatic heterocycles. The first kappa shape index (κ1) is 13.3. The van der Waals surface area contributed by atoms with E-state index in [1.165, 1.54) is 0 Å². The molecule has 1 aliphatic rings. The summed E-state index contributed by atoms with van der Waals surface area (Å²) in [5.41, 5.74) is 2.98. The second kappa shape index (κ2) is 5.53. The van der Waals surface area contributed by atoms with E-state index in [0.29, 0.717) is 0 Å². The van der Waals surface area contributed by atoms with E-state index in [2.05, 4.69) is 5.32 Å². The van der Waals surface area contributed by atoms with Crippen LogP contribution in [0.3, 0.4) is 0 Å². The zero-order valence-electron chi connectivity index (χ0n) is 9.32. The number of amides is 1. The fraction of sp³-hybridized carbons (Fsp3) is 0.250. The van der Waals surface area contributed by atoms with E-state index in [9.17, 15) is 4.79 Å². The second-order valence-electron chi connectivity index (χ2n) is 3.61. The van der Waals surface area contributed by atoms with E-state index in [4.69, 9.17) is 0 Å². The number of carbonyl (C=O) groups is 1. The van der Waals surface area contributed by atoms with Crippen molar-refractivity contribution in [2.24, 2.45) is 5.92 Å². The van der Waals surface area contributed by atoms with Crippen molar-refractivity contribution in [3.8, 4) is 0 Å². The predicted molar refractivity (Wildman–Crippen MR) is 57.3 cm³/mol. The van der Waals surface area contributed by atoms with E-state index in [-0.39, 0.29) is 70.0 Å².